The van der Waals surface area contributed by atoms with Gasteiger partial charge in [0.2, 0.25) is 0 Å². The van der Waals surface area contributed by atoms with Crippen molar-refractivity contribution in [3.8, 4) is 0 Å². The van der Waals surface area contributed by atoms with Gasteiger partial charge in [-0.25, -0.2) is 8.78 Å². The third kappa shape index (κ3) is 6.83. The molecule has 1 N–H and O–H groups in total. The molecule has 2 atom stereocenters. The van der Waals surface area contributed by atoms with Gasteiger partial charge in [-0.05, 0) is 19.4 Å². The van der Waals surface area contributed by atoms with E-state index in [1.807, 2.05) is 13.8 Å². The molecule has 0 radical (unpaired) electrons. The van der Waals surface area contributed by atoms with E-state index in [-0.39, 0.29) is 12.6 Å². The van der Waals surface area contributed by atoms with Crippen LogP contribution in [0.15, 0.2) is 0 Å². The van der Waals surface area contributed by atoms with Crippen LogP contribution in [0.2, 0.25) is 0 Å². The molecule has 104 valence electrons. The molecule has 0 aliphatic rings. The molecule has 0 aromatic heterocycles. The fourth-order valence-electron chi connectivity index (χ4n) is 1.32. The van der Waals surface area contributed by atoms with Crippen LogP contribution in [0.4, 0.5) is 17.6 Å². The Balaban J connectivity index is 3.92. The Labute approximate surface area is 99.7 Å². The average Bonchev–Trinajstić information content (AvgIpc) is 2.26. The van der Waals surface area contributed by atoms with Gasteiger partial charge in [-0.2, -0.15) is 8.78 Å². The van der Waals surface area contributed by atoms with Crippen LogP contribution >= 0.6 is 0 Å². The molecular formula is C11H21F4NO. The molecule has 0 saturated carbocycles. The van der Waals surface area contributed by atoms with Crippen LogP contribution in [0.1, 0.15) is 26.7 Å². The Hall–Kier alpha value is -0.360. The van der Waals surface area contributed by atoms with Crippen LogP contribution in [-0.2, 0) is 4.74 Å². The van der Waals surface area contributed by atoms with E-state index in [4.69, 9.17) is 0 Å². The summed E-state index contributed by atoms with van der Waals surface area (Å²) in [4.78, 5) is 0. The summed E-state index contributed by atoms with van der Waals surface area (Å²) >= 11 is 0. The smallest absolute Gasteiger partial charge is 0.330 e. The molecule has 17 heavy (non-hydrogen) atoms. The quantitative estimate of drug-likeness (QED) is 0.643. The predicted molar refractivity (Wildman–Crippen MR) is 58.7 cm³/mol. The van der Waals surface area contributed by atoms with Crippen LogP contribution < -0.4 is 5.32 Å². The molecule has 0 aliphatic carbocycles. The van der Waals surface area contributed by atoms with Crippen molar-refractivity contribution in [2.45, 2.75) is 45.1 Å². The van der Waals surface area contributed by atoms with Crippen LogP contribution in [0.5, 0.6) is 0 Å². The van der Waals surface area contributed by atoms with Crippen molar-refractivity contribution in [2.75, 3.05) is 20.3 Å². The zero-order chi connectivity index (χ0) is 13.5. The highest BCUT2D eigenvalue weighted by molar-refractivity contribution is 4.71. The first-order valence-corrected chi connectivity index (χ1v) is 5.74. The van der Waals surface area contributed by atoms with E-state index in [2.05, 4.69) is 10.1 Å². The number of ether oxygens (including phenoxy) is 1. The van der Waals surface area contributed by atoms with Gasteiger partial charge in [0.1, 0.15) is 6.61 Å². The van der Waals surface area contributed by atoms with Gasteiger partial charge in [-0.15, -0.1) is 0 Å². The Kier molecular flexibility index (Phi) is 7.70. The summed E-state index contributed by atoms with van der Waals surface area (Å²) in [5.74, 6) is -3.62. The topological polar surface area (TPSA) is 21.3 Å². The summed E-state index contributed by atoms with van der Waals surface area (Å²) in [5, 5.41) is 2.93. The molecule has 0 spiro atoms. The highest BCUT2D eigenvalue weighted by Gasteiger charge is 2.41. The van der Waals surface area contributed by atoms with Gasteiger partial charge in [0.05, 0.1) is 6.61 Å². The van der Waals surface area contributed by atoms with Gasteiger partial charge in [0, 0.05) is 6.04 Å². The molecule has 0 saturated heterocycles. The predicted octanol–water partition coefficient (Wildman–Crippen LogP) is 2.93. The van der Waals surface area contributed by atoms with E-state index in [1.54, 1.807) is 7.05 Å². The molecule has 6 heteroatoms. The first-order chi connectivity index (χ1) is 7.83. The minimum absolute atomic E-state index is 0.0170. The number of hydrogen-bond acceptors (Lipinski definition) is 2. The summed E-state index contributed by atoms with van der Waals surface area (Å²) in [7, 11) is 1.70. The van der Waals surface area contributed by atoms with Crippen LogP contribution in [0.25, 0.3) is 0 Å². The molecule has 2 nitrogen and oxygen atoms in total. The Morgan fingerprint density at radius 2 is 1.88 bits per heavy atom. The Morgan fingerprint density at radius 1 is 1.29 bits per heavy atom. The number of likely N-dealkylation sites (N-methyl/N-ethyl adjacent to an activating group) is 1. The van der Waals surface area contributed by atoms with Crippen LogP contribution in [0.3, 0.4) is 0 Å². The SMILES string of the molecule is CCC(C)CC(COCC(F)(F)C(F)F)NC. The van der Waals surface area contributed by atoms with Gasteiger partial charge in [-0.3, -0.25) is 0 Å². The zero-order valence-electron chi connectivity index (χ0n) is 10.5. The maximum Gasteiger partial charge on any atom is 0.330 e. The largest absolute Gasteiger partial charge is 0.373 e. The van der Waals surface area contributed by atoms with Gasteiger partial charge in [0.15, 0.2) is 0 Å². The standard InChI is InChI=1S/C11H21F4NO/c1-4-8(2)5-9(16-3)6-17-7-11(14,15)10(12)13/h8-10,16H,4-7H2,1-3H3. The zero-order valence-corrected chi connectivity index (χ0v) is 10.5. The maximum atomic E-state index is 12.5. The highest BCUT2D eigenvalue weighted by atomic mass is 19.3. The number of rotatable bonds is 9. The lowest BCUT2D eigenvalue weighted by atomic mass is 10.00. The lowest BCUT2D eigenvalue weighted by molar-refractivity contribution is -0.167. The van der Waals surface area contributed by atoms with Crippen molar-refractivity contribution in [2.24, 2.45) is 5.92 Å². The molecule has 0 aromatic rings. The highest BCUT2D eigenvalue weighted by Crippen LogP contribution is 2.23. The summed E-state index contributed by atoms with van der Waals surface area (Å²) < 4.78 is 53.4. The van der Waals surface area contributed by atoms with Gasteiger partial charge in [0.25, 0.3) is 0 Å². The van der Waals surface area contributed by atoms with Crippen LogP contribution in [-0.4, -0.2) is 38.7 Å². The molecule has 0 heterocycles. The van der Waals surface area contributed by atoms with E-state index in [9.17, 15) is 17.6 Å². The van der Waals surface area contributed by atoms with E-state index in [0.29, 0.717) is 5.92 Å². The van der Waals surface area contributed by atoms with E-state index >= 15 is 0 Å². The second-order valence-electron chi connectivity index (χ2n) is 4.31. The van der Waals surface area contributed by atoms with Crippen molar-refractivity contribution in [1.82, 2.24) is 5.32 Å². The normalized spacial score (nSPS) is 16.2. The van der Waals surface area contributed by atoms with Gasteiger partial charge < -0.3 is 10.1 Å². The second kappa shape index (κ2) is 7.87. The summed E-state index contributed by atoms with van der Waals surface area (Å²) in [5.41, 5.74) is 0. The van der Waals surface area contributed by atoms with Crippen molar-refractivity contribution in [3.05, 3.63) is 0 Å². The summed E-state index contributed by atoms with van der Waals surface area (Å²) in [6.45, 7) is 2.85. The molecule has 0 rings (SSSR count). The number of alkyl halides is 4. The van der Waals surface area contributed by atoms with E-state index < -0.39 is 19.0 Å². The third-order valence-electron chi connectivity index (χ3n) is 2.72. The van der Waals surface area contributed by atoms with Crippen molar-refractivity contribution in [1.29, 1.82) is 0 Å². The lowest BCUT2D eigenvalue weighted by Crippen LogP contribution is -2.37. The van der Waals surface area contributed by atoms with Gasteiger partial charge in [-0.1, -0.05) is 20.3 Å². The molecule has 0 amide bonds. The van der Waals surface area contributed by atoms with E-state index in [0.717, 1.165) is 12.8 Å². The molecule has 0 fully saturated rings. The molecule has 0 aliphatic heterocycles. The average molecular weight is 259 g/mol. The van der Waals surface area contributed by atoms with Crippen molar-refractivity contribution < 1.29 is 22.3 Å². The maximum absolute atomic E-state index is 12.5. The van der Waals surface area contributed by atoms with Crippen molar-refractivity contribution in [3.63, 3.8) is 0 Å². The second-order valence-corrected chi connectivity index (χ2v) is 4.31. The fraction of sp³-hybridized carbons (Fsp3) is 1.00. The minimum atomic E-state index is -4.06. The Bertz CT molecular complexity index is 202. The number of halogens is 4. The lowest BCUT2D eigenvalue weighted by Gasteiger charge is -2.21. The number of nitrogens with one attached hydrogen (secondary N) is 1. The number of hydrogen-bond donors (Lipinski definition) is 1. The minimum Gasteiger partial charge on any atom is -0.373 e. The molecule has 0 aromatic carbocycles. The third-order valence-corrected chi connectivity index (χ3v) is 2.72. The summed E-state index contributed by atoms with van der Waals surface area (Å²) in [6.07, 6.45) is -1.93. The van der Waals surface area contributed by atoms with Gasteiger partial charge >= 0.3 is 12.3 Å². The molecule has 2 unspecified atom stereocenters. The first-order valence-electron chi connectivity index (χ1n) is 5.74. The summed E-state index contributed by atoms with van der Waals surface area (Å²) in [6, 6.07) is -0.0848. The molecule has 0 bridgehead atoms. The Morgan fingerprint density at radius 3 is 2.29 bits per heavy atom. The molecular weight excluding hydrogens is 238 g/mol. The fourth-order valence-corrected chi connectivity index (χ4v) is 1.32. The monoisotopic (exact) mass is 259 g/mol. The first kappa shape index (κ1) is 16.6. The van der Waals surface area contributed by atoms with Crippen LogP contribution in [0, 0.1) is 5.92 Å². The van der Waals surface area contributed by atoms with E-state index in [1.165, 1.54) is 0 Å². The van der Waals surface area contributed by atoms with Crippen molar-refractivity contribution >= 4 is 0 Å².